The van der Waals surface area contributed by atoms with Gasteiger partial charge in [0.25, 0.3) is 0 Å². The van der Waals surface area contributed by atoms with Gasteiger partial charge in [-0.1, -0.05) is 38.5 Å². The molecule has 0 saturated carbocycles. The predicted molar refractivity (Wildman–Crippen MR) is 160 cm³/mol. The number of hydrogen-bond donors (Lipinski definition) is 5. The van der Waals surface area contributed by atoms with Crippen molar-refractivity contribution in [2.45, 2.75) is 76.7 Å². The fourth-order valence-corrected chi connectivity index (χ4v) is 5.27. The first-order valence-corrected chi connectivity index (χ1v) is 14.8. The van der Waals surface area contributed by atoms with E-state index in [-0.39, 0.29) is 10.9 Å². The topological polar surface area (TPSA) is 102 Å². The Kier molecular flexibility index (Phi) is 11.0. The number of ether oxygens (including phenoxy) is 1. The summed E-state index contributed by atoms with van der Waals surface area (Å²) in [6.07, 6.45) is -9.50. The molecule has 13 heteroatoms. The van der Waals surface area contributed by atoms with Crippen LogP contribution in [0.3, 0.4) is 0 Å². The third-order valence-corrected chi connectivity index (χ3v) is 7.47. The predicted octanol–water partition coefficient (Wildman–Crippen LogP) is 6.66. The zero-order valence-electron chi connectivity index (χ0n) is 25.2. The van der Waals surface area contributed by atoms with Crippen molar-refractivity contribution in [1.29, 1.82) is 0 Å². The quantitative estimate of drug-likeness (QED) is 0.138. The number of halogens is 6. The molecule has 5 N–H and O–H groups in total. The molecule has 2 aromatic carbocycles. The molecule has 1 fully saturated rings. The van der Waals surface area contributed by atoms with Gasteiger partial charge < -0.3 is 30.6 Å². The molecule has 0 aliphatic carbocycles. The van der Waals surface area contributed by atoms with Crippen molar-refractivity contribution in [3.63, 3.8) is 0 Å². The van der Waals surface area contributed by atoms with E-state index < -0.39 is 47.4 Å². The van der Waals surface area contributed by atoms with E-state index in [1.165, 1.54) is 6.07 Å². The van der Waals surface area contributed by atoms with Gasteiger partial charge in [0.05, 0.1) is 17.2 Å². The minimum absolute atomic E-state index is 0.132. The molecule has 7 nitrogen and oxygen atoms in total. The molecule has 0 amide bonds. The van der Waals surface area contributed by atoms with E-state index >= 15 is 0 Å². The second-order valence-corrected chi connectivity index (χ2v) is 11.5. The van der Waals surface area contributed by atoms with Crippen LogP contribution in [-0.4, -0.2) is 58.1 Å². The van der Waals surface area contributed by atoms with Crippen molar-refractivity contribution in [3.05, 3.63) is 71.0 Å². The Morgan fingerprint density at radius 3 is 2.36 bits per heavy atom. The average molecular weight is 641 g/mol. The Bertz CT molecular complexity index is 1560. The zero-order chi connectivity index (χ0) is 32.9. The molecule has 0 bridgehead atoms. The number of alkyl halides is 6. The van der Waals surface area contributed by atoms with Gasteiger partial charge in [-0.25, -0.2) is 4.98 Å². The summed E-state index contributed by atoms with van der Waals surface area (Å²) in [5.41, 5.74) is -1.55. The molecular weight excluding hydrogens is 602 g/mol. The van der Waals surface area contributed by atoms with Crippen molar-refractivity contribution >= 4 is 21.8 Å². The van der Waals surface area contributed by atoms with Gasteiger partial charge in [0.2, 0.25) is 0 Å². The molecule has 1 aliphatic heterocycles. The van der Waals surface area contributed by atoms with Crippen molar-refractivity contribution in [2.24, 2.45) is 0 Å². The summed E-state index contributed by atoms with van der Waals surface area (Å²) in [4.78, 5) is 6.50. The molecule has 1 saturated heterocycles. The van der Waals surface area contributed by atoms with Gasteiger partial charge in [-0.05, 0) is 62.2 Å². The number of H-pyrrole nitrogens is 1. The molecule has 3 atom stereocenters. The van der Waals surface area contributed by atoms with Gasteiger partial charge in [0, 0.05) is 40.6 Å². The van der Waals surface area contributed by atoms with Gasteiger partial charge >= 0.3 is 12.4 Å². The van der Waals surface area contributed by atoms with E-state index in [0.29, 0.717) is 44.3 Å². The molecule has 2 aromatic heterocycles. The fraction of sp³-hybridized carbons (Fsp3) is 0.469. The molecule has 1 unspecified atom stereocenters. The van der Waals surface area contributed by atoms with E-state index in [1.807, 2.05) is 25.1 Å². The molecule has 246 valence electrons. The van der Waals surface area contributed by atoms with Crippen LogP contribution in [0.25, 0.3) is 21.8 Å². The van der Waals surface area contributed by atoms with Crippen LogP contribution in [0.5, 0.6) is 5.75 Å². The van der Waals surface area contributed by atoms with Crippen LogP contribution in [0, 0.1) is 6.92 Å². The van der Waals surface area contributed by atoms with Crippen LogP contribution in [0.2, 0.25) is 0 Å². The number of fused-ring (bicyclic) bond motifs is 2. The van der Waals surface area contributed by atoms with Crippen LogP contribution in [0.15, 0.2) is 48.5 Å². The van der Waals surface area contributed by atoms with E-state index in [1.54, 1.807) is 0 Å². The Balaban J connectivity index is 0.000000215. The highest BCUT2D eigenvalue weighted by molar-refractivity contribution is 5.87. The number of rotatable bonds is 8. The first kappa shape index (κ1) is 34.5. The largest absolute Gasteiger partial charge is 0.490 e. The van der Waals surface area contributed by atoms with Gasteiger partial charge in [0.1, 0.15) is 24.2 Å². The molecule has 0 spiro atoms. The summed E-state index contributed by atoms with van der Waals surface area (Å²) in [5, 5.41) is 27.6. The Morgan fingerprint density at radius 2 is 1.71 bits per heavy atom. The summed E-state index contributed by atoms with van der Waals surface area (Å²) in [5.74, 6) is 0.811. The van der Waals surface area contributed by atoms with Gasteiger partial charge in [-0.15, -0.1) is 0 Å². The number of aliphatic hydroxyl groups excluding tert-OH is 2. The molecule has 1 aliphatic rings. The number of aromatic nitrogens is 2. The first-order valence-electron chi connectivity index (χ1n) is 14.8. The fourth-order valence-electron chi connectivity index (χ4n) is 5.27. The number of piperidine rings is 1. The standard InChI is InChI=1S/C17H16F6N2O.C15H22N2O2/c18-16(19,20)11-5-3-4-9-10(15(26)12-6-1-2-7-24-12)8-13(17(21,22)23)25-14(9)11;1-10(2)16-8-12(18)9-19-15-6-4-5-14-13(15)7-11(3)17-14/h3-5,8,12,15,24,26H,1-2,6-7H2;4-7,10,12,16-18H,8-9H2,1-3H3/t12-,15+;/m1./s1. The Labute approximate surface area is 257 Å². The minimum Gasteiger partial charge on any atom is -0.490 e. The number of pyridine rings is 1. The maximum atomic E-state index is 13.2. The van der Waals surface area contributed by atoms with E-state index in [0.717, 1.165) is 41.3 Å². The van der Waals surface area contributed by atoms with Crippen molar-refractivity contribution < 1.29 is 41.3 Å². The van der Waals surface area contributed by atoms with E-state index in [2.05, 4.69) is 40.5 Å². The number of nitrogens with one attached hydrogen (secondary N) is 3. The van der Waals surface area contributed by atoms with Crippen LogP contribution >= 0.6 is 0 Å². The van der Waals surface area contributed by atoms with Crippen molar-refractivity contribution in [1.82, 2.24) is 20.6 Å². The lowest BCUT2D eigenvalue weighted by molar-refractivity contribution is -0.142. The van der Waals surface area contributed by atoms with E-state index in [4.69, 9.17) is 4.74 Å². The van der Waals surface area contributed by atoms with Crippen LogP contribution in [0.4, 0.5) is 26.3 Å². The number of para-hydroxylation sites is 1. The number of hydrogen-bond acceptors (Lipinski definition) is 6. The zero-order valence-corrected chi connectivity index (χ0v) is 25.2. The lowest BCUT2D eigenvalue weighted by Crippen LogP contribution is -2.39. The third-order valence-electron chi connectivity index (χ3n) is 7.47. The Morgan fingerprint density at radius 1 is 0.978 bits per heavy atom. The molecule has 3 heterocycles. The monoisotopic (exact) mass is 640 g/mol. The number of aliphatic hydroxyl groups is 2. The second kappa shape index (κ2) is 14.4. The maximum Gasteiger partial charge on any atom is 0.433 e. The van der Waals surface area contributed by atoms with Crippen LogP contribution < -0.4 is 15.4 Å². The smallest absolute Gasteiger partial charge is 0.433 e. The molecule has 4 aromatic rings. The second-order valence-electron chi connectivity index (χ2n) is 11.5. The van der Waals surface area contributed by atoms with Gasteiger partial charge in [-0.2, -0.15) is 26.3 Å². The highest BCUT2D eigenvalue weighted by Crippen LogP contribution is 2.40. The van der Waals surface area contributed by atoms with Gasteiger partial charge in [0.15, 0.2) is 0 Å². The first-order chi connectivity index (χ1) is 21.1. The lowest BCUT2D eigenvalue weighted by Gasteiger charge is -2.29. The summed E-state index contributed by atoms with van der Waals surface area (Å²) < 4.78 is 85.0. The molecule has 45 heavy (non-hydrogen) atoms. The average Bonchev–Trinajstić information content (AvgIpc) is 3.38. The summed E-state index contributed by atoms with van der Waals surface area (Å²) >= 11 is 0. The van der Waals surface area contributed by atoms with Crippen LogP contribution in [-0.2, 0) is 12.4 Å². The van der Waals surface area contributed by atoms with E-state index in [9.17, 15) is 36.6 Å². The highest BCUT2D eigenvalue weighted by Gasteiger charge is 2.38. The molecular formula is C32H38F6N4O3. The summed E-state index contributed by atoms with van der Waals surface area (Å²) in [6, 6.07) is 11.5. The lowest BCUT2D eigenvalue weighted by atomic mass is 9.91. The van der Waals surface area contributed by atoms with Gasteiger partial charge in [-0.3, -0.25) is 0 Å². The maximum absolute atomic E-state index is 13.2. The minimum atomic E-state index is -4.93. The van der Waals surface area contributed by atoms with Crippen LogP contribution in [0.1, 0.15) is 61.7 Å². The van der Waals surface area contributed by atoms with Crippen molar-refractivity contribution in [2.75, 3.05) is 19.7 Å². The molecule has 0 radical (unpaired) electrons. The number of aromatic amines is 1. The number of nitrogens with zero attached hydrogens (tertiary/aromatic N) is 1. The normalized spacial score (nSPS) is 17.3. The van der Waals surface area contributed by atoms with Crippen molar-refractivity contribution in [3.8, 4) is 5.75 Å². The summed E-state index contributed by atoms with van der Waals surface area (Å²) in [6.45, 7) is 7.55. The Hall–Kier alpha value is -3.39. The SMILES string of the molecule is Cc1cc2c(OCC(O)CNC(C)C)cccc2[nH]1.O[C@@H](c1cc(C(F)(F)F)nc2c(C(F)(F)F)cccc12)[C@H]1CCCCN1. The number of aryl methyl sites for hydroxylation is 1. The summed E-state index contributed by atoms with van der Waals surface area (Å²) in [7, 11) is 0. The highest BCUT2D eigenvalue weighted by atomic mass is 19.4. The molecule has 5 rings (SSSR count). The third kappa shape index (κ3) is 8.87. The number of benzene rings is 2.